The van der Waals surface area contributed by atoms with E-state index in [-0.39, 0.29) is 11.9 Å². The third kappa shape index (κ3) is 1.89. The lowest BCUT2D eigenvalue weighted by Gasteiger charge is -2.21. The Morgan fingerprint density at radius 3 is 2.83 bits per heavy atom. The van der Waals surface area contributed by atoms with Crippen molar-refractivity contribution in [3.63, 3.8) is 0 Å². The van der Waals surface area contributed by atoms with Crippen molar-refractivity contribution in [1.29, 1.82) is 0 Å². The number of benzene rings is 1. The maximum absolute atomic E-state index is 12.5. The molecule has 0 fully saturated rings. The Kier molecular flexibility index (Phi) is 2.99. The van der Waals surface area contributed by atoms with Crippen molar-refractivity contribution in [2.45, 2.75) is 19.4 Å². The summed E-state index contributed by atoms with van der Waals surface area (Å²) in [5.74, 6) is 0.100. The molecule has 2 aromatic rings. The summed E-state index contributed by atoms with van der Waals surface area (Å²) in [4.78, 5) is 15.2. The van der Waals surface area contributed by atoms with Crippen LogP contribution in [0.15, 0.2) is 40.2 Å². The SMILES string of the molecule is CC1Cc2ccccc2N1C(=O)c1ccc(Br)s1. The normalized spacial score (nSPS) is 17.9. The van der Waals surface area contributed by atoms with Crippen LogP contribution in [0, 0.1) is 0 Å². The maximum Gasteiger partial charge on any atom is 0.268 e. The largest absolute Gasteiger partial charge is 0.304 e. The molecule has 1 aliphatic rings. The molecule has 92 valence electrons. The predicted molar refractivity (Wildman–Crippen MR) is 78.4 cm³/mol. The first-order chi connectivity index (χ1) is 8.66. The number of thiophene rings is 1. The van der Waals surface area contributed by atoms with Crippen LogP contribution in [0.5, 0.6) is 0 Å². The predicted octanol–water partition coefficient (Wildman–Crippen LogP) is 4.10. The topological polar surface area (TPSA) is 20.3 Å². The Labute approximate surface area is 118 Å². The van der Waals surface area contributed by atoms with Crippen molar-refractivity contribution < 1.29 is 4.79 Å². The van der Waals surface area contributed by atoms with Gasteiger partial charge in [-0.2, -0.15) is 0 Å². The zero-order chi connectivity index (χ0) is 12.7. The molecule has 0 N–H and O–H groups in total. The minimum Gasteiger partial charge on any atom is -0.304 e. The van der Waals surface area contributed by atoms with Crippen LogP contribution in [-0.4, -0.2) is 11.9 Å². The Hall–Kier alpha value is -1.13. The highest BCUT2D eigenvalue weighted by Gasteiger charge is 2.31. The average Bonchev–Trinajstić information content (AvgIpc) is 2.91. The van der Waals surface area contributed by atoms with Crippen LogP contribution in [0.3, 0.4) is 0 Å². The number of rotatable bonds is 1. The number of nitrogens with zero attached hydrogens (tertiary/aromatic N) is 1. The number of carbonyl (C=O) groups is 1. The number of para-hydroxylation sites is 1. The molecule has 2 heterocycles. The number of fused-ring (bicyclic) bond motifs is 1. The highest BCUT2D eigenvalue weighted by Crippen LogP contribution is 2.34. The molecule has 1 aromatic carbocycles. The third-order valence-corrected chi connectivity index (χ3v) is 4.82. The average molecular weight is 322 g/mol. The quantitative estimate of drug-likeness (QED) is 0.774. The summed E-state index contributed by atoms with van der Waals surface area (Å²) in [6.07, 6.45) is 0.939. The van der Waals surface area contributed by atoms with Crippen LogP contribution in [0.25, 0.3) is 0 Å². The van der Waals surface area contributed by atoms with Crippen LogP contribution in [0.2, 0.25) is 0 Å². The van der Waals surface area contributed by atoms with Gasteiger partial charge < -0.3 is 4.90 Å². The van der Waals surface area contributed by atoms with E-state index < -0.39 is 0 Å². The van der Waals surface area contributed by atoms with Crippen molar-refractivity contribution >= 4 is 38.9 Å². The van der Waals surface area contributed by atoms with E-state index in [1.54, 1.807) is 0 Å². The van der Waals surface area contributed by atoms with Gasteiger partial charge in [0.25, 0.3) is 5.91 Å². The van der Waals surface area contributed by atoms with Crippen LogP contribution in [0.4, 0.5) is 5.69 Å². The van der Waals surface area contributed by atoms with Crippen molar-refractivity contribution in [1.82, 2.24) is 0 Å². The first-order valence-electron chi connectivity index (χ1n) is 5.83. The van der Waals surface area contributed by atoms with Crippen molar-refractivity contribution in [2.24, 2.45) is 0 Å². The molecule has 1 aromatic heterocycles. The van der Waals surface area contributed by atoms with Gasteiger partial charge in [-0.25, -0.2) is 0 Å². The molecule has 3 rings (SSSR count). The maximum atomic E-state index is 12.5. The van der Waals surface area contributed by atoms with E-state index in [2.05, 4.69) is 28.9 Å². The molecule has 0 saturated heterocycles. The summed E-state index contributed by atoms with van der Waals surface area (Å²) in [7, 11) is 0. The van der Waals surface area contributed by atoms with Gasteiger partial charge in [0.05, 0.1) is 8.66 Å². The van der Waals surface area contributed by atoms with Crippen LogP contribution in [-0.2, 0) is 6.42 Å². The summed E-state index contributed by atoms with van der Waals surface area (Å²) in [6, 6.07) is 12.2. The molecule has 1 aliphatic heterocycles. The van der Waals surface area contributed by atoms with Gasteiger partial charge in [-0.1, -0.05) is 18.2 Å². The molecule has 4 heteroatoms. The number of amides is 1. The molecule has 2 nitrogen and oxygen atoms in total. The van der Waals surface area contributed by atoms with Gasteiger partial charge in [-0.05, 0) is 53.0 Å². The van der Waals surface area contributed by atoms with Crippen molar-refractivity contribution in [3.05, 3.63) is 50.6 Å². The molecule has 0 aliphatic carbocycles. The Balaban J connectivity index is 2.00. The summed E-state index contributed by atoms with van der Waals surface area (Å²) in [6.45, 7) is 2.10. The lowest BCUT2D eigenvalue weighted by atomic mass is 10.1. The van der Waals surface area contributed by atoms with E-state index >= 15 is 0 Å². The minimum absolute atomic E-state index is 0.100. The molecular weight excluding hydrogens is 310 g/mol. The smallest absolute Gasteiger partial charge is 0.268 e. The van der Waals surface area contributed by atoms with Gasteiger partial charge in [0.1, 0.15) is 0 Å². The van der Waals surface area contributed by atoms with Crippen LogP contribution >= 0.6 is 27.3 Å². The van der Waals surface area contributed by atoms with Gasteiger partial charge in [0.2, 0.25) is 0 Å². The van der Waals surface area contributed by atoms with Crippen molar-refractivity contribution in [2.75, 3.05) is 4.90 Å². The first kappa shape index (κ1) is 11.9. The third-order valence-electron chi connectivity index (χ3n) is 3.21. The summed E-state index contributed by atoms with van der Waals surface area (Å²) >= 11 is 4.89. The highest BCUT2D eigenvalue weighted by molar-refractivity contribution is 9.11. The zero-order valence-electron chi connectivity index (χ0n) is 9.89. The van der Waals surface area contributed by atoms with Crippen molar-refractivity contribution in [3.8, 4) is 0 Å². The second kappa shape index (κ2) is 4.52. The Morgan fingerprint density at radius 2 is 2.11 bits per heavy atom. The fraction of sp³-hybridized carbons (Fsp3) is 0.214. The van der Waals surface area contributed by atoms with E-state index in [0.717, 1.165) is 20.8 Å². The number of carbonyl (C=O) groups excluding carboxylic acids is 1. The van der Waals surface area contributed by atoms with Gasteiger partial charge in [0, 0.05) is 11.7 Å². The molecule has 1 unspecified atom stereocenters. The fourth-order valence-corrected chi connectivity index (χ4v) is 3.75. The molecule has 1 atom stereocenters. The Morgan fingerprint density at radius 1 is 1.33 bits per heavy atom. The molecule has 0 saturated carbocycles. The van der Waals surface area contributed by atoms with Gasteiger partial charge >= 0.3 is 0 Å². The lowest BCUT2D eigenvalue weighted by Crippen LogP contribution is -2.35. The van der Waals surface area contributed by atoms with E-state index in [0.29, 0.717) is 0 Å². The summed E-state index contributed by atoms with van der Waals surface area (Å²) in [5, 5.41) is 0. The highest BCUT2D eigenvalue weighted by atomic mass is 79.9. The van der Waals surface area contributed by atoms with E-state index in [1.807, 2.05) is 35.2 Å². The second-order valence-electron chi connectivity index (χ2n) is 4.46. The summed E-state index contributed by atoms with van der Waals surface area (Å²) < 4.78 is 0.992. The minimum atomic E-state index is 0.100. The van der Waals surface area contributed by atoms with E-state index in [4.69, 9.17) is 0 Å². The molecule has 18 heavy (non-hydrogen) atoms. The van der Waals surface area contributed by atoms with Crippen LogP contribution < -0.4 is 4.90 Å². The van der Waals surface area contributed by atoms with Gasteiger partial charge in [-0.15, -0.1) is 11.3 Å². The zero-order valence-corrected chi connectivity index (χ0v) is 12.3. The Bertz CT molecular complexity index is 607. The molecular formula is C14H12BrNOS. The van der Waals surface area contributed by atoms with Gasteiger partial charge in [0.15, 0.2) is 0 Å². The fourth-order valence-electron chi connectivity index (χ4n) is 2.42. The monoisotopic (exact) mass is 321 g/mol. The van der Waals surface area contributed by atoms with Gasteiger partial charge in [-0.3, -0.25) is 4.79 Å². The van der Waals surface area contributed by atoms with Crippen LogP contribution in [0.1, 0.15) is 22.2 Å². The number of hydrogen-bond donors (Lipinski definition) is 0. The first-order valence-corrected chi connectivity index (χ1v) is 7.44. The molecule has 0 bridgehead atoms. The summed E-state index contributed by atoms with van der Waals surface area (Å²) in [5.41, 5.74) is 2.31. The number of anilines is 1. The number of hydrogen-bond acceptors (Lipinski definition) is 2. The lowest BCUT2D eigenvalue weighted by molar-refractivity contribution is 0.0985. The van der Waals surface area contributed by atoms with E-state index in [1.165, 1.54) is 16.9 Å². The standard InChI is InChI=1S/C14H12BrNOS/c1-9-8-10-4-2-3-5-11(10)16(9)14(17)12-6-7-13(15)18-12/h2-7,9H,8H2,1H3. The second-order valence-corrected chi connectivity index (χ2v) is 6.92. The molecule has 1 amide bonds. The molecule has 0 radical (unpaired) electrons. The number of halogens is 1. The molecule has 0 spiro atoms. The van der Waals surface area contributed by atoms with E-state index in [9.17, 15) is 4.79 Å².